The monoisotopic (exact) mass is 1200 g/mol. The number of carbonyl (C=O) groups is 4. The Morgan fingerprint density at radius 2 is 0.779 bits per heavy atom. The molecule has 0 saturated carbocycles. The van der Waals surface area contributed by atoms with Crippen molar-refractivity contribution < 1.29 is 53.4 Å². The zero-order chi connectivity index (χ0) is 63.9. The van der Waals surface area contributed by atoms with E-state index in [-0.39, 0.29) is 76.3 Å². The van der Waals surface area contributed by atoms with Crippen molar-refractivity contribution >= 4 is 23.8 Å². The summed E-state index contributed by atoms with van der Waals surface area (Å²) in [6.45, 7) is 33.6. The second-order valence-corrected chi connectivity index (χ2v) is 28.6. The quantitative estimate of drug-likeness (QED) is 0.0428. The largest absolute Gasteiger partial charge is 0.487 e. The molecule has 3 N–H and O–H groups in total. The molecule has 6 atom stereocenters. The van der Waals surface area contributed by atoms with Gasteiger partial charge in [-0.05, 0) is 176 Å². The van der Waals surface area contributed by atoms with E-state index in [0.717, 1.165) is 131 Å². The van der Waals surface area contributed by atoms with Crippen molar-refractivity contribution in [3.05, 3.63) is 44.5 Å². The molecule has 2 aliphatic rings. The van der Waals surface area contributed by atoms with Crippen LogP contribution in [0.15, 0.2) is 0 Å². The topological polar surface area (TPSA) is 172 Å². The first kappa shape index (κ1) is 74.3. The Morgan fingerprint density at radius 1 is 0.465 bits per heavy atom. The maximum Gasteiger partial charge on any atom is 0.311 e. The van der Waals surface area contributed by atoms with Crippen molar-refractivity contribution in [3.63, 3.8) is 0 Å². The number of benzene rings is 2. The summed E-state index contributed by atoms with van der Waals surface area (Å²) >= 11 is 0. The molecule has 0 aromatic heterocycles. The molecule has 6 unspecified atom stereocenters. The lowest BCUT2D eigenvalue weighted by atomic mass is 9.83. The number of aliphatic hydroxyl groups is 3. The highest BCUT2D eigenvalue weighted by atomic mass is 16.5. The van der Waals surface area contributed by atoms with Crippen molar-refractivity contribution in [1.82, 2.24) is 9.80 Å². The van der Waals surface area contributed by atoms with Crippen LogP contribution in [0.2, 0.25) is 0 Å². The van der Waals surface area contributed by atoms with Crippen molar-refractivity contribution in [2.75, 3.05) is 39.4 Å². The predicted octanol–water partition coefficient (Wildman–Crippen LogP) is 15.7. The minimum atomic E-state index is -1.26. The summed E-state index contributed by atoms with van der Waals surface area (Å²) in [5.41, 5.74) is 6.78. The van der Waals surface area contributed by atoms with Crippen LogP contribution in [0.4, 0.5) is 0 Å². The van der Waals surface area contributed by atoms with E-state index in [9.17, 15) is 34.5 Å². The molecule has 0 aliphatic carbocycles. The first-order valence-electron chi connectivity index (χ1n) is 34.1. The molecule has 13 nitrogen and oxygen atoms in total. The smallest absolute Gasteiger partial charge is 0.311 e. The molecule has 490 valence electrons. The van der Waals surface area contributed by atoms with Gasteiger partial charge in [-0.3, -0.25) is 19.2 Å². The molecule has 13 heteroatoms. The van der Waals surface area contributed by atoms with Crippen LogP contribution in [0.5, 0.6) is 23.0 Å². The Labute approximate surface area is 522 Å². The third-order valence-corrected chi connectivity index (χ3v) is 19.5. The minimum absolute atomic E-state index is 0.104. The van der Waals surface area contributed by atoms with E-state index in [1.54, 1.807) is 0 Å². The van der Waals surface area contributed by atoms with E-state index in [2.05, 4.69) is 69.2 Å². The fourth-order valence-corrected chi connectivity index (χ4v) is 13.3. The Kier molecular flexibility index (Phi) is 31.5. The Bertz CT molecular complexity index is 2290. The number of esters is 2. The number of carbonyl (C=O) groups excluding carboxylic acids is 4. The lowest BCUT2D eigenvalue weighted by Gasteiger charge is -2.38. The summed E-state index contributed by atoms with van der Waals surface area (Å²) in [5.74, 6) is 5.20. The molecule has 2 heterocycles. The van der Waals surface area contributed by atoms with Gasteiger partial charge >= 0.3 is 11.9 Å². The lowest BCUT2D eigenvalue weighted by Crippen LogP contribution is -2.46. The van der Waals surface area contributed by atoms with Gasteiger partial charge in [0.2, 0.25) is 11.8 Å². The van der Waals surface area contributed by atoms with Crippen LogP contribution in [0.1, 0.15) is 268 Å². The molecule has 0 fully saturated rings. The zero-order valence-electron chi connectivity index (χ0n) is 57.2. The number of hydrogen-bond acceptors (Lipinski definition) is 11. The van der Waals surface area contributed by atoms with E-state index in [0.29, 0.717) is 23.3 Å². The number of hydrogen-bond donors (Lipinski definition) is 3. The molecule has 2 aromatic carbocycles. The van der Waals surface area contributed by atoms with E-state index in [4.69, 9.17) is 18.9 Å². The van der Waals surface area contributed by atoms with Gasteiger partial charge in [0.1, 0.15) is 34.2 Å². The Balaban J connectivity index is 1.23. The van der Waals surface area contributed by atoms with Gasteiger partial charge < -0.3 is 44.1 Å². The van der Waals surface area contributed by atoms with Gasteiger partial charge in [-0.1, -0.05) is 145 Å². The summed E-state index contributed by atoms with van der Waals surface area (Å²) in [6, 6.07) is 0. The first-order valence-corrected chi connectivity index (χ1v) is 34.1. The standard InChI is InChI=1S/C73H122N2O11/c1-49(2)23-17-25-51(5)27-19-29-53(7)31-21-39-72(15)41-37-62-59(13)68(55(9)57(11)70(62)85-72)83-66(81)35-33-64(79)74(43-45-76)47-61(78)48-75(44-46-77)65(80)34-36-67(82)84-69-56(10)58(12)71-63(60(69)14)38-42-73(16,86-71)40-22-32-54(8)30-20-28-52(6)26-18-24-50(3)4/h49-54,61,76-78H,17-48H2,1-16H3. The van der Waals surface area contributed by atoms with Crippen molar-refractivity contribution in [2.24, 2.45) is 35.5 Å². The first-order chi connectivity index (χ1) is 40.6. The zero-order valence-corrected chi connectivity index (χ0v) is 57.2. The van der Waals surface area contributed by atoms with Crippen LogP contribution in [0, 0.1) is 77.0 Å². The average molecular weight is 1200 g/mol. The molecule has 0 spiro atoms. The third-order valence-electron chi connectivity index (χ3n) is 19.5. The van der Waals surface area contributed by atoms with Crippen molar-refractivity contribution in [3.8, 4) is 23.0 Å². The summed E-state index contributed by atoms with van der Waals surface area (Å²) in [6.07, 6.45) is 23.6. The van der Waals surface area contributed by atoms with E-state index < -0.39 is 29.9 Å². The normalized spacial score (nSPS) is 18.3. The summed E-state index contributed by atoms with van der Waals surface area (Å²) in [7, 11) is 0. The van der Waals surface area contributed by atoms with Gasteiger partial charge in [0, 0.05) is 50.1 Å². The summed E-state index contributed by atoms with van der Waals surface area (Å²) in [5, 5.41) is 31.1. The fraction of sp³-hybridized carbons (Fsp3) is 0.781. The molecular weight excluding hydrogens is 1080 g/mol. The van der Waals surface area contributed by atoms with Crippen LogP contribution in [0.25, 0.3) is 0 Å². The highest BCUT2D eigenvalue weighted by Gasteiger charge is 2.37. The maximum absolute atomic E-state index is 13.6. The highest BCUT2D eigenvalue weighted by Crippen LogP contribution is 2.47. The highest BCUT2D eigenvalue weighted by molar-refractivity contribution is 5.84. The number of amides is 2. The number of aliphatic hydroxyl groups excluding tert-OH is 3. The van der Waals surface area contributed by atoms with E-state index in [1.165, 1.54) is 99.7 Å². The molecule has 2 aliphatic heterocycles. The van der Waals surface area contributed by atoms with Crippen molar-refractivity contribution in [1.29, 1.82) is 0 Å². The van der Waals surface area contributed by atoms with Gasteiger partial charge in [-0.15, -0.1) is 0 Å². The molecule has 86 heavy (non-hydrogen) atoms. The van der Waals surface area contributed by atoms with Gasteiger partial charge in [0.25, 0.3) is 0 Å². The van der Waals surface area contributed by atoms with E-state index in [1.807, 2.05) is 41.5 Å². The second-order valence-electron chi connectivity index (χ2n) is 28.6. The van der Waals surface area contributed by atoms with Crippen LogP contribution in [0.3, 0.4) is 0 Å². The molecule has 0 bridgehead atoms. The Morgan fingerprint density at radius 3 is 1.09 bits per heavy atom. The van der Waals surface area contributed by atoms with Crippen LogP contribution in [-0.4, -0.2) is 106 Å². The number of nitrogens with zero attached hydrogens (tertiary/aromatic N) is 2. The number of rotatable bonds is 40. The average Bonchev–Trinajstić information content (AvgIpc) is 0.963. The summed E-state index contributed by atoms with van der Waals surface area (Å²) in [4.78, 5) is 56.6. The summed E-state index contributed by atoms with van der Waals surface area (Å²) < 4.78 is 25.7. The number of ether oxygens (including phenoxy) is 4. The Hall–Kier alpha value is -4.20. The van der Waals surface area contributed by atoms with E-state index >= 15 is 0 Å². The SMILES string of the molecule is Cc1c(C)c2c(c(C)c1OC(=O)CCC(=O)N(CCO)CC(O)CN(CCO)C(=O)CCC(=O)Oc1c(C)c(C)c3c(c1C)CCC(C)(CCCC(C)CCCC(C)CCCC(C)C)O3)CCC(C)(CCCC(C)CCCC(C)CCCC(C)C)O2. The molecular formula is C73H122N2O11. The molecule has 0 radical (unpaired) electrons. The van der Waals surface area contributed by atoms with Crippen molar-refractivity contribution in [2.45, 2.75) is 295 Å². The van der Waals surface area contributed by atoms with Gasteiger partial charge in [0.05, 0.1) is 32.2 Å². The second kappa shape index (κ2) is 36.5. The fourth-order valence-electron chi connectivity index (χ4n) is 13.3. The van der Waals surface area contributed by atoms with Gasteiger partial charge in [0.15, 0.2) is 0 Å². The van der Waals surface area contributed by atoms with Gasteiger partial charge in [-0.25, -0.2) is 0 Å². The van der Waals surface area contributed by atoms with Gasteiger partial charge in [-0.2, -0.15) is 0 Å². The molecule has 0 saturated heterocycles. The molecule has 2 amide bonds. The molecule has 2 aromatic rings. The third kappa shape index (κ3) is 24.0. The number of fused-ring (bicyclic) bond motifs is 2. The molecule has 4 rings (SSSR count). The lowest BCUT2D eigenvalue weighted by molar-refractivity contribution is -0.141. The van der Waals surface area contributed by atoms with Crippen LogP contribution in [-0.2, 0) is 32.0 Å². The van der Waals surface area contributed by atoms with Crippen LogP contribution >= 0.6 is 0 Å². The maximum atomic E-state index is 13.6. The predicted molar refractivity (Wildman–Crippen MR) is 349 cm³/mol. The minimum Gasteiger partial charge on any atom is -0.487 e. The van der Waals surface area contributed by atoms with Crippen LogP contribution < -0.4 is 18.9 Å².